The van der Waals surface area contributed by atoms with Crippen molar-refractivity contribution in [3.63, 3.8) is 0 Å². The van der Waals surface area contributed by atoms with E-state index in [1.54, 1.807) is 38.7 Å². The van der Waals surface area contributed by atoms with Crippen LogP contribution in [-0.2, 0) is 6.54 Å². The number of benzene rings is 2. The topological polar surface area (TPSA) is 91.8 Å². The molecule has 0 amide bonds. The van der Waals surface area contributed by atoms with Gasteiger partial charge in [-0.3, -0.25) is 15.1 Å². The molecule has 0 atom stereocenters. The average molecular weight is 449 g/mol. The molecule has 0 saturated heterocycles. The smallest absolute Gasteiger partial charge is 0.269 e. The molecule has 2 aromatic heterocycles. The van der Waals surface area contributed by atoms with Crippen molar-refractivity contribution in [2.75, 3.05) is 14.2 Å². The van der Waals surface area contributed by atoms with Gasteiger partial charge in [0.2, 0.25) is 0 Å². The maximum absolute atomic E-state index is 11.0. The van der Waals surface area contributed by atoms with Gasteiger partial charge in [0, 0.05) is 23.7 Å². The molecule has 32 heavy (non-hydrogen) atoms. The molecule has 0 aliphatic rings. The number of rotatable bonds is 7. The van der Waals surface area contributed by atoms with E-state index < -0.39 is 4.92 Å². The largest absolute Gasteiger partial charge is 0.493 e. The number of nitro groups is 1. The highest BCUT2D eigenvalue weighted by Crippen LogP contribution is 2.29. The van der Waals surface area contributed by atoms with Gasteiger partial charge in [-0.15, -0.1) is 11.3 Å². The van der Waals surface area contributed by atoms with Gasteiger partial charge in [0.15, 0.2) is 16.3 Å². The van der Waals surface area contributed by atoms with Crippen molar-refractivity contribution in [3.05, 3.63) is 92.9 Å². The number of hydrogen-bond acceptors (Lipinski definition) is 7. The minimum Gasteiger partial charge on any atom is -0.493 e. The van der Waals surface area contributed by atoms with Crippen LogP contribution in [0.1, 0.15) is 5.56 Å². The molecule has 4 aromatic rings. The summed E-state index contributed by atoms with van der Waals surface area (Å²) in [6.45, 7) is 0.523. The lowest BCUT2D eigenvalue weighted by Crippen LogP contribution is -2.16. The van der Waals surface area contributed by atoms with Crippen LogP contribution in [0, 0.1) is 10.1 Å². The fourth-order valence-corrected chi connectivity index (χ4v) is 4.18. The van der Waals surface area contributed by atoms with Gasteiger partial charge in [0.25, 0.3) is 5.69 Å². The first-order valence-electron chi connectivity index (χ1n) is 9.68. The summed E-state index contributed by atoms with van der Waals surface area (Å²) in [6, 6.07) is 16.0. The molecule has 2 heterocycles. The summed E-state index contributed by atoms with van der Waals surface area (Å²) in [6.07, 6.45) is 3.40. The summed E-state index contributed by atoms with van der Waals surface area (Å²) >= 11 is 1.49. The predicted octanol–water partition coefficient (Wildman–Crippen LogP) is 4.82. The molecule has 0 saturated carbocycles. The number of ether oxygens (including phenoxy) is 2. The molecule has 0 N–H and O–H groups in total. The second-order valence-corrected chi connectivity index (χ2v) is 7.64. The summed E-state index contributed by atoms with van der Waals surface area (Å²) in [7, 11) is 3.20. The van der Waals surface area contributed by atoms with E-state index >= 15 is 0 Å². The van der Waals surface area contributed by atoms with E-state index in [-0.39, 0.29) is 5.69 Å². The van der Waals surface area contributed by atoms with Crippen LogP contribution in [0.4, 0.5) is 11.4 Å². The lowest BCUT2D eigenvalue weighted by Gasteiger charge is -2.12. The second kappa shape index (κ2) is 9.44. The zero-order valence-electron chi connectivity index (χ0n) is 17.5. The van der Waals surface area contributed by atoms with Crippen molar-refractivity contribution in [1.29, 1.82) is 0 Å². The summed E-state index contributed by atoms with van der Waals surface area (Å²) in [4.78, 5) is 20.3. The highest BCUT2D eigenvalue weighted by molar-refractivity contribution is 7.07. The van der Waals surface area contributed by atoms with Gasteiger partial charge in [0.1, 0.15) is 0 Å². The van der Waals surface area contributed by atoms with E-state index in [0.717, 1.165) is 27.3 Å². The predicted molar refractivity (Wildman–Crippen MR) is 123 cm³/mol. The minimum absolute atomic E-state index is 0.0516. The van der Waals surface area contributed by atoms with Crippen LogP contribution in [0.25, 0.3) is 11.3 Å². The molecule has 2 aromatic carbocycles. The van der Waals surface area contributed by atoms with E-state index in [4.69, 9.17) is 14.5 Å². The van der Waals surface area contributed by atoms with Crippen LogP contribution in [0.2, 0.25) is 0 Å². The van der Waals surface area contributed by atoms with Crippen molar-refractivity contribution >= 4 is 22.7 Å². The maximum Gasteiger partial charge on any atom is 0.269 e. The van der Waals surface area contributed by atoms with Crippen molar-refractivity contribution in [2.24, 2.45) is 4.99 Å². The second-order valence-electron chi connectivity index (χ2n) is 6.81. The Bertz CT molecular complexity index is 1300. The number of pyridine rings is 1. The van der Waals surface area contributed by atoms with Gasteiger partial charge < -0.3 is 14.0 Å². The fraction of sp³-hybridized carbons (Fsp3) is 0.130. The maximum atomic E-state index is 11.0. The zero-order chi connectivity index (χ0) is 22.5. The molecule has 0 spiro atoms. The van der Waals surface area contributed by atoms with E-state index in [2.05, 4.69) is 9.55 Å². The van der Waals surface area contributed by atoms with Gasteiger partial charge in [0.05, 0.1) is 43.3 Å². The first kappa shape index (κ1) is 21.3. The van der Waals surface area contributed by atoms with Gasteiger partial charge in [-0.25, -0.2) is 4.99 Å². The zero-order valence-corrected chi connectivity index (χ0v) is 18.3. The first-order valence-corrected chi connectivity index (χ1v) is 10.6. The third-order valence-corrected chi connectivity index (χ3v) is 5.69. The van der Waals surface area contributed by atoms with Crippen LogP contribution in [-0.4, -0.2) is 28.7 Å². The van der Waals surface area contributed by atoms with Crippen LogP contribution in [0.5, 0.6) is 11.5 Å². The minimum atomic E-state index is -0.405. The molecular weight excluding hydrogens is 428 g/mol. The monoisotopic (exact) mass is 448 g/mol. The lowest BCUT2D eigenvalue weighted by atomic mass is 10.1. The Morgan fingerprint density at radius 1 is 1.09 bits per heavy atom. The Morgan fingerprint density at radius 3 is 2.53 bits per heavy atom. The van der Waals surface area contributed by atoms with Crippen molar-refractivity contribution in [1.82, 2.24) is 9.55 Å². The quantitative estimate of drug-likeness (QED) is 0.299. The highest BCUT2D eigenvalue weighted by atomic mass is 32.1. The van der Waals surface area contributed by atoms with Crippen LogP contribution < -0.4 is 14.3 Å². The summed E-state index contributed by atoms with van der Waals surface area (Å²) in [5.41, 5.74) is 3.56. The van der Waals surface area contributed by atoms with Crippen LogP contribution >= 0.6 is 11.3 Å². The molecule has 0 aliphatic heterocycles. The molecule has 0 fully saturated rings. The molecule has 9 heteroatoms. The molecule has 0 radical (unpaired) electrons. The molecule has 0 aliphatic carbocycles. The van der Waals surface area contributed by atoms with E-state index in [1.165, 1.54) is 23.5 Å². The van der Waals surface area contributed by atoms with Crippen molar-refractivity contribution in [3.8, 4) is 22.8 Å². The fourth-order valence-electron chi connectivity index (χ4n) is 3.25. The molecule has 4 rings (SSSR count). The van der Waals surface area contributed by atoms with Crippen LogP contribution in [0.15, 0.2) is 77.4 Å². The Morgan fingerprint density at radius 2 is 1.88 bits per heavy atom. The lowest BCUT2D eigenvalue weighted by molar-refractivity contribution is -0.384. The Hall–Kier alpha value is -3.98. The van der Waals surface area contributed by atoms with Gasteiger partial charge in [-0.2, -0.15) is 0 Å². The third kappa shape index (κ3) is 4.52. The van der Waals surface area contributed by atoms with Crippen molar-refractivity contribution < 1.29 is 14.4 Å². The van der Waals surface area contributed by atoms with E-state index in [1.807, 2.05) is 35.7 Å². The van der Waals surface area contributed by atoms with Crippen LogP contribution in [0.3, 0.4) is 0 Å². The Labute approximate surface area is 188 Å². The molecular formula is C23H20N4O4S. The molecule has 8 nitrogen and oxygen atoms in total. The van der Waals surface area contributed by atoms with E-state index in [9.17, 15) is 10.1 Å². The number of methoxy groups -OCH3 is 2. The van der Waals surface area contributed by atoms with Gasteiger partial charge >= 0.3 is 0 Å². The molecule has 0 bridgehead atoms. The SMILES string of the molecule is COc1ccc(Cn2c(-c3ccc([N+](=O)[O-])cc3)csc2=Nc2cccnc2)cc1OC. The number of nitrogens with zero attached hydrogens (tertiary/aromatic N) is 4. The first-order chi connectivity index (χ1) is 15.6. The Balaban J connectivity index is 1.81. The van der Waals surface area contributed by atoms with Gasteiger partial charge in [-0.1, -0.05) is 6.07 Å². The molecule has 0 unspecified atom stereocenters. The summed E-state index contributed by atoms with van der Waals surface area (Å²) in [5, 5.41) is 13.0. The van der Waals surface area contributed by atoms with Gasteiger partial charge in [-0.05, 0) is 47.5 Å². The number of aromatic nitrogens is 2. The Kier molecular flexibility index (Phi) is 6.27. The third-order valence-electron chi connectivity index (χ3n) is 4.83. The number of hydrogen-bond donors (Lipinski definition) is 0. The van der Waals surface area contributed by atoms with E-state index in [0.29, 0.717) is 18.0 Å². The van der Waals surface area contributed by atoms with Crippen molar-refractivity contribution in [2.45, 2.75) is 6.54 Å². The summed E-state index contributed by atoms with van der Waals surface area (Å²) in [5.74, 6) is 1.30. The highest BCUT2D eigenvalue weighted by Gasteiger charge is 2.13. The molecule has 162 valence electrons. The number of nitro benzene ring substituents is 1. The average Bonchev–Trinajstić information content (AvgIpc) is 3.21. The number of non-ortho nitro benzene ring substituents is 1. The normalized spacial score (nSPS) is 11.4. The number of thiazole rings is 1. The summed E-state index contributed by atoms with van der Waals surface area (Å²) < 4.78 is 12.9. The standard InChI is InChI=1S/C23H20N4O4S/c1-30-21-10-5-16(12-22(21)31-2)14-26-20(17-6-8-19(9-7-17)27(28)29)15-32-23(26)25-18-4-3-11-24-13-18/h3-13,15H,14H2,1-2H3.